The highest BCUT2D eigenvalue weighted by atomic mass is 32.2. The summed E-state index contributed by atoms with van der Waals surface area (Å²) in [5.74, 6) is -0.998. The summed E-state index contributed by atoms with van der Waals surface area (Å²) in [6, 6.07) is 0. The van der Waals surface area contributed by atoms with E-state index in [2.05, 4.69) is 25.7 Å². The van der Waals surface area contributed by atoms with Crippen LogP contribution in [0.2, 0.25) is 0 Å². The quantitative estimate of drug-likeness (QED) is 0.821. The average Bonchev–Trinajstić information content (AvgIpc) is 2.77. The first-order valence-electron chi connectivity index (χ1n) is 4.11. The molecule has 2 aromatic rings. The smallest absolute Gasteiger partial charge is 0.325 e. The van der Waals surface area contributed by atoms with Crippen molar-refractivity contribution in [1.82, 2.24) is 30.4 Å². The molecule has 2 aromatic heterocycles. The Kier molecular flexibility index (Phi) is 3.10. The van der Waals surface area contributed by atoms with E-state index in [4.69, 9.17) is 5.11 Å². The molecule has 0 aliphatic carbocycles. The fourth-order valence-electron chi connectivity index (χ4n) is 0.895. The third-order valence-corrected chi connectivity index (χ3v) is 3.33. The Hall–Kier alpha value is -1.55. The van der Waals surface area contributed by atoms with Crippen molar-refractivity contribution in [2.75, 3.05) is 0 Å². The van der Waals surface area contributed by atoms with Crippen LogP contribution in [-0.4, -0.2) is 41.5 Å². The van der Waals surface area contributed by atoms with E-state index in [9.17, 15) is 4.79 Å². The third-order valence-electron chi connectivity index (χ3n) is 1.47. The number of aryl methyl sites for hydroxylation is 1. The van der Waals surface area contributed by atoms with Gasteiger partial charge in [0.2, 0.25) is 5.16 Å². The lowest BCUT2D eigenvalue weighted by Gasteiger charge is -1.97. The van der Waals surface area contributed by atoms with Gasteiger partial charge in [-0.25, -0.2) is 4.68 Å². The Balaban J connectivity index is 2.15. The largest absolute Gasteiger partial charge is 0.480 e. The Morgan fingerprint density at radius 2 is 2.31 bits per heavy atom. The molecule has 0 amide bonds. The lowest BCUT2D eigenvalue weighted by atomic mass is 10.7. The van der Waals surface area contributed by atoms with Crippen LogP contribution in [-0.2, 0) is 11.3 Å². The molecule has 16 heavy (non-hydrogen) atoms. The second-order valence-electron chi connectivity index (χ2n) is 2.70. The minimum atomic E-state index is -0.998. The van der Waals surface area contributed by atoms with Gasteiger partial charge in [0, 0.05) is 0 Å². The van der Waals surface area contributed by atoms with Crippen molar-refractivity contribution in [3.63, 3.8) is 0 Å². The number of nitrogens with zero attached hydrogens (tertiary/aromatic N) is 6. The van der Waals surface area contributed by atoms with Crippen molar-refractivity contribution in [3.8, 4) is 0 Å². The van der Waals surface area contributed by atoms with E-state index in [-0.39, 0.29) is 6.54 Å². The summed E-state index contributed by atoms with van der Waals surface area (Å²) in [5, 5.41) is 28.3. The molecule has 0 fully saturated rings. The molecule has 2 rings (SSSR count). The number of hydrogen-bond donors (Lipinski definition) is 1. The van der Waals surface area contributed by atoms with Crippen LogP contribution in [0.4, 0.5) is 0 Å². The van der Waals surface area contributed by atoms with E-state index in [0.717, 1.165) is 5.01 Å². The number of aromatic nitrogens is 6. The van der Waals surface area contributed by atoms with E-state index >= 15 is 0 Å². The summed E-state index contributed by atoms with van der Waals surface area (Å²) in [6.45, 7) is 1.56. The molecular formula is C6H6N6O2S2. The van der Waals surface area contributed by atoms with Gasteiger partial charge in [0.05, 0.1) is 0 Å². The SMILES string of the molecule is Cc1nnc(Sc2nnnn2CC(=O)O)s1. The first kappa shape index (κ1) is 11.0. The number of carboxylic acid groups (broad SMARTS) is 1. The van der Waals surface area contributed by atoms with Gasteiger partial charge in [-0.3, -0.25) is 4.79 Å². The predicted octanol–water partition coefficient (Wildman–Crippen LogP) is 0.0688. The maximum absolute atomic E-state index is 10.5. The number of hydrogen-bond acceptors (Lipinski definition) is 8. The highest BCUT2D eigenvalue weighted by Gasteiger charge is 2.13. The molecule has 0 aliphatic heterocycles. The highest BCUT2D eigenvalue weighted by molar-refractivity contribution is 8.00. The molecule has 10 heteroatoms. The first-order valence-corrected chi connectivity index (χ1v) is 5.74. The van der Waals surface area contributed by atoms with E-state index in [1.165, 1.54) is 27.8 Å². The summed E-state index contributed by atoms with van der Waals surface area (Å²) in [4.78, 5) is 10.5. The van der Waals surface area contributed by atoms with Crippen LogP contribution in [0.1, 0.15) is 5.01 Å². The molecule has 0 saturated heterocycles. The zero-order valence-corrected chi connectivity index (χ0v) is 9.70. The van der Waals surface area contributed by atoms with Crippen LogP contribution < -0.4 is 0 Å². The molecule has 0 spiro atoms. The number of carboxylic acids is 1. The molecule has 0 aromatic carbocycles. The van der Waals surface area contributed by atoms with Crippen molar-refractivity contribution < 1.29 is 9.90 Å². The number of aliphatic carboxylic acids is 1. The van der Waals surface area contributed by atoms with Crippen molar-refractivity contribution in [2.24, 2.45) is 0 Å². The Morgan fingerprint density at radius 1 is 1.50 bits per heavy atom. The van der Waals surface area contributed by atoms with Crippen molar-refractivity contribution in [3.05, 3.63) is 5.01 Å². The summed E-state index contributed by atoms with van der Waals surface area (Å²) < 4.78 is 1.88. The third kappa shape index (κ3) is 2.52. The van der Waals surface area contributed by atoms with Crippen LogP contribution >= 0.6 is 23.1 Å². The van der Waals surface area contributed by atoms with E-state index in [0.29, 0.717) is 9.50 Å². The molecule has 0 aliphatic rings. The predicted molar refractivity (Wildman–Crippen MR) is 54.2 cm³/mol. The van der Waals surface area contributed by atoms with Gasteiger partial charge in [-0.15, -0.1) is 15.3 Å². The molecule has 1 N–H and O–H groups in total. The monoisotopic (exact) mass is 258 g/mol. The number of tetrazole rings is 1. The first-order chi connectivity index (χ1) is 7.65. The van der Waals surface area contributed by atoms with E-state index in [1.807, 2.05) is 6.92 Å². The fraction of sp³-hybridized carbons (Fsp3) is 0.333. The number of rotatable bonds is 4. The summed E-state index contributed by atoms with van der Waals surface area (Å²) in [6.07, 6.45) is 0. The maximum Gasteiger partial charge on any atom is 0.325 e. The molecule has 2 heterocycles. The van der Waals surface area contributed by atoms with Gasteiger partial charge >= 0.3 is 5.97 Å². The molecule has 84 valence electrons. The van der Waals surface area contributed by atoms with Crippen molar-refractivity contribution >= 4 is 29.1 Å². The minimum absolute atomic E-state index is 0.271. The van der Waals surface area contributed by atoms with E-state index < -0.39 is 5.97 Å². The standard InChI is InChI=1S/C6H6N6O2S2/c1-3-7-9-6(15-3)16-5-8-10-11-12(5)2-4(13)14/h2H2,1H3,(H,13,14). The highest BCUT2D eigenvalue weighted by Crippen LogP contribution is 2.27. The zero-order valence-electron chi connectivity index (χ0n) is 8.06. The van der Waals surface area contributed by atoms with Gasteiger partial charge in [-0.05, 0) is 29.1 Å². The lowest BCUT2D eigenvalue weighted by Crippen LogP contribution is -2.11. The molecule has 8 nitrogen and oxygen atoms in total. The summed E-state index contributed by atoms with van der Waals surface area (Å²) >= 11 is 2.59. The van der Waals surface area contributed by atoms with Gasteiger partial charge < -0.3 is 5.11 Å². The van der Waals surface area contributed by atoms with Gasteiger partial charge in [-0.2, -0.15) is 0 Å². The number of carbonyl (C=O) groups is 1. The summed E-state index contributed by atoms with van der Waals surface area (Å²) in [7, 11) is 0. The van der Waals surface area contributed by atoms with Crippen molar-refractivity contribution in [1.29, 1.82) is 0 Å². The fourth-order valence-corrected chi connectivity index (χ4v) is 2.58. The van der Waals surface area contributed by atoms with Gasteiger partial charge in [0.25, 0.3) is 0 Å². The van der Waals surface area contributed by atoms with Gasteiger partial charge in [-0.1, -0.05) is 11.3 Å². The summed E-state index contributed by atoms with van der Waals surface area (Å²) in [5.41, 5.74) is 0. The molecule has 0 unspecified atom stereocenters. The van der Waals surface area contributed by atoms with Crippen LogP contribution in [0.15, 0.2) is 9.50 Å². The lowest BCUT2D eigenvalue weighted by molar-refractivity contribution is -0.138. The van der Waals surface area contributed by atoms with Crippen LogP contribution in [0.3, 0.4) is 0 Å². The molecule has 0 bridgehead atoms. The Bertz CT molecular complexity index is 509. The molecule has 0 atom stereocenters. The molecular weight excluding hydrogens is 252 g/mol. The molecule has 0 saturated carbocycles. The van der Waals surface area contributed by atoms with Crippen LogP contribution in [0.5, 0.6) is 0 Å². The second-order valence-corrected chi connectivity index (χ2v) is 5.10. The minimum Gasteiger partial charge on any atom is -0.480 e. The van der Waals surface area contributed by atoms with Crippen molar-refractivity contribution in [2.45, 2.75) is 23.0 Å². The average molecular weight is 258 g/mol. The van der Waals surface area contributed by atoms with Crippen LogP contribution in [0.25, 0.3) is 0 Å². The topological polar surface area (TPSA) is 107 Å². The maximum atomic E-state index is 10.5. The Labute approximate surface area is 97.7 Å². The molecule has 0 radical (unpaired) electrons. The van der Waals surface area contributed by atoms with Gasteiger partial charge in [0.1, 0.15) is 11.6 Å². The van der Waals surface area contributed by atoms with Crippen LogP contribution in [0, 0.1) is 6.92 Å². The zero-order chi connectivity index (χ0) is 11.5. The van der Waals surface area contributed by atoms with Gasteiger partial charge in [0.15, 0.2) is 4.34 Å². The van der Waals surface area contributed by atoms with E-state index in [1.54, 1.807) is 0 Å². The Morgan fingerprint density at radius 3 is 2.94 bits per heavy atom. The normalized spacial score (nSPS) is 10.6. The second kappa shape index (κ2) is 4.53.